The third-order valence-corrected chi connectivity index (χ3v) is 3.74. The number of furan rings is 1. The van der Waals surface area contributed by atoms with Crippen LogP contribution in [0, 0.1) is 18.8 Å². The Morgan fingerprint density at radius 1 is 1.25 bits per heavy atom. The molecular formula is C18H30N2O4. The monoisotopic (exact) mass is 338 g/mol. The molecule has 0 fully saturated rings. The summed E-state index contributed by atoms with van der Waals surface area (Å²) in [5, 5.41) is 16.0. The molecule has 0 aliphatic carbocycles. The largest absolute Gasteiger partial charge is 0.463 e. The molecule has 1 aromatic heterocycles. The van der Waals surface area contributed by atoms with Gasteiger partial charge in [-0.2, -0.15) is 0 Å². The molecule has 0 aliphatic rings. The minimum atomic E-state index is -1.31. The molecule has 6 nitrogen and oxygen atoms in total. The molecular weight excluding hydrogens is 308 g/mol. The number of aliphatic hydroxyl groups is 1. The van der Waals surface area contributed by atoms with E-state index < -0.39 is 11.6 Å². The van der Waals surface area contributed by atoms with Crippen molar-refractivity contribution >= 4 is 11.8 Å². The zero-order valence-electron chi connectivity index (χ0n) is 15.5. The minimum Gasteiger partial charge on any atom is -0.463 e. The molecule has 1 aromatic rings. The first-order valence-electron chi connectivity index (χ1n) is 8.39. The number of carbonyl (C=O) groups is 2. The van der Waals surface area contributed by atoms with Gasteiger partial charge in [-0.05, 0) is 37.8 Å². The van der Waals surface area contributed by atoms with E-state index in [1.807, 2.05) is 27.7 Å². The molecule has 1 rings (SSSR count). The van der Waals surface area contributed by atoms with Crippen molar-refractivity contribution in [3.63, 3.8) is 0 Å². The maximum atomic E-state index is 12.4. The highest BCUT2D eigenvalue weighted by Crippen LogP contribution is 2.22. The van der Waals surface area contributed by atoms with E-state index in [1.165, 1.54) is 0 Å². The van der Waals surface area contributed by atoms with E-state index in [0.29, 0.717) is 17.9 Å². The van der Waals surface area contributed by atoms with Crippen molar-refractivity contribution in [1.82, 2.24) is 10.6 Å². The lowest BCUT2D eigenvalue weighted by Crippen LogP contribution is -2.52. The Labute approximate surface area is 144 Å². The number of rotatable bonds is 8. The van der Waals surface area contributed by atoms with Crippen molar-refractivity contribution in [3.8, 4) is 0 Å². The normalized spacial score (nSPS) is 15.2. The SMILES string of the molecule is Cc1ccc(C(C)(O)CNC(=O)C(NC(=O)CC(C)C)C(C)C)o1. The van der Waals surface area contributed by atoms with Gasteiger partial charge >= 0.3 is 0 Å². The van der Waals surface area contributed by atoms with Crippen molar-refractivity contribution in [2.45, 2.75) is 59.6 Å². The summed E-state index contributed by atoms with van der Waals surface area (Å²) in [6.07, 6.45) is 0.375. The second kappa shape index (κ2) is 8.33. The fourth-order valence-corrected chi connectivity index (χ4v) is 2.32. The highest BCUT2D eigenvalue weighted by atomic mass is 16.4. The van der Waals surface area contributed by atoms with Crippen LogP contribution >= 0.6 is 0 Å². The lowest BCUT2D eigenvalue weighted by atomic mass is 10.0. The van der Waals surface area contributed by atoms with Gasteiger partial charge in [0, 0.05) is 6.42 Å². The standard InChI is InChI=1S/C18H30N2O4/c1-11(2)9-15(21)20-16(12(3)4)17(22)19-10-18(6,23)14-8-7-13(5)24-14/h7-8,11-12,16,23H,9-10H2,1-6H3,(H,19,22)(H,20,21). The first-order chi connectivity index (χ1) is 11.0. The fourth-order valence-electron chi connectivity index (χ4n) is 2.32. The van der Waals surface area contributed by atoms with Crippen LogP contribution in [0.4, 0.5) is 0 Å². The Balaban J connectivity index is 2.67. The zero-order valence-corrected chi connectivity index (χ0v) is 15.5. The molecule has 0 bridgehead atoms. The zero-order chi connectivity index (χ0) is 18.5. The first kappa shape index (κ1) is 20.2. The van der Waals surface area contributed by atoms with Gasteiger partial charge in [0.25, 0.3) is 0 Å². The Bertz CT molecular complexity index is 561. The van der Waals surface area contributed by atoms with E-state index >= 15 is 0 Å². The predicted molar refractivity (Wildman–Crippen MR) is 92.2 cm³/mol. The first-order valence-corrected chi connectivity index (χ1v) is 8.39. The Morgan fingerprint density at radius 3 is 2.33 bits per heavy atom. The molecule has 1 heterocycles. The van der Waals surface area contributed by atoms with Crippen LogP contribution in [-0.4, -0.2) is 29.5 Å². The van der Waals surface area contributed by atoms with E-state index in [2.05, 4.69) is 10.6 Å². The van der Waals surface area contributed by atoms with Gasteiger partial charge < -0.3 is 20.2 Å². The third-order valence-electron chi connectivity index (χ3n) is 3.74. The van der Waals surface area contributed by atoms with Gasteiger partial charge in [0.1, 0.15) is 23.2 Å². The highest BCUT2D eigenvalue weighted by Gasteiger charge is 2.30. The van der Waals surface area contributed by atoms with Crippen LogP contribution < -0.4 is 10.6 Å². The van der Waals surface area contributed by atoms with Crippen LogP contribution in [0.1, 0.15) is 52.6 Å². The number of nitrogens with one attached hydrogen (secondary N) is 2. The Kier molecular flexibility index (Phi) is 7.02. The number of aryl methyl sites for hydroxylation is 1. The molecule has 0 radical (unpaired) electrons. The van der Waals surface area contributed by atoms with Crippen LogP contribution in [-0.2, 0) is 15.2 Å². The summed E-state index contributed by atoms with van der Waals surface area (Å²) in [6.45, 7) is 11.0. The summed E-state index contributed by atoms with van der Waals surface area (Å²) in [5.41, 5.74) is -1.31. The number of hydrogen-bond donors (Lipinski definition) is 3. The van der Waals surface area contributed by atoms with Gasteiger partial charge in [-0.25, -0.2) is 0 Å². The molecule has 6 heteroatoms. The molecule has 136 valence electrons. The molecule has 0 spiro atoms. The third kappa shape index (κ3) is 6.00. The summed E-state index contributed by atoms with van der Waals surface area (Å²) in [7, 11) is 0. The molecule has 2 amide bonds. The molecule has 0 saturated heterocycles. The average molecular weight is 338 g/mol. The Morgan fingerprint density at radius 2 is 1.88 bits per heavy atom. The van der Waals surface area contributed by atoms with Crippen LogP contribution in [0.2, 0.25) is 0 Å². The second-order valence-electron chi connectivity index (χ2n) is 7.29. The molecule has 0 aromatic carbocycles. The summed E-state index contributed by atoms with van der Waals surface area (Å²) in [6, 6.07) is 2.81. The van der Waals surface area contributed by atoms with Gasteiger partial charge in [-0.1, -0.05) is 27.7 Å². The van der Waals surface area contributed by atoms with Crippen molar-refractivity contribution < 1.29 is 19.1 Å². The summed E-state index contributed by atoms with van der Waals surface area (Å²) in [5.74, 6) is 0.793. The number of hydrogen-bond acceptors (Lipinski definition) is 4. The topological polar surface area (TPSA) is 91.6 Å². The van der Waals surface area contributed by atoms with Crippen molar-refractivity contribution in [1.29, 1.82) is 0 Å². The van der Waals surface area contributed by atoms with Crippen LogP contribution in [0.3, 0.4) is 0 Å². The van der Waals surface area contributed by atoms with Crippen LogP contribution in [0.5, 0.6) is 0 Å². The minimum absolute atomic E-state index is 0.00204. The molecule has 0 saturated carbocycles. The van der Waals surface area contributed by atoms with Gasteiger partial charge in [0.15, 0.2) is 0 Å². The van der Waals surface area contributed by atoms with Gasteiger partial charge in [0.05, 0.1) is 6.54 Å². The van der Waals surface area contributed by atoms with E-state index in [-0.39, 0.29) is 30.2 Å². The molecule has 2 atom stereocenters. The van der Waals surface area contributed by atoms with Crippen molar-refractivity contribution in [3.05, 3.63) is 23.7 Å². The summed E-state index contributed by atoms with van der Waals surface area (Å²) < 4.78 is 5.43. The number of amides is 2. The molecule has 0 aliphatic heterocycles. The quantitative estimate of drug-likeness (QED) is 0.677. The maximum absolute atomic E-state index is 12.4. The van der Waals surface area contributed by atoms with E-state index in [1.54, 1.807) is 26.0 Å². The molecule has 3 N–H and O–H groups in total. The van der Waals surface area contributed by atoms with E-state index in [0.717, 1.165) is 0 Å². The summed E-state index contributed by atoms with van der Waals surface area (Å²) >= 11 is 0. The van der Waals surface area contributed by atoms with Crippen molar-refractivity contribution in [2.75, 3.05) is 6.54 Å². The molecule has 24 heavy (non-hydrogen) atoms. The average Bonchev–Trinajstić information content (AvgIpc) is 2.88. The lowest BCUT2D eigenvalue weighted by molar-refractivity contribution is -0.131. The maximum Gasteiger partial charge on any atom is 0.242 e. The van der Waals surface area contributed by atoms with Gasteiger partial charge in [0.2, 0.25) is 11.8 Å². The van der Waals surface area contributed by atoms with Gasteiger partial charge in [-0.3, -0.25) is 9.59 Å². The highest BCUT2D eigenvalue weighted by molar-refractivity contribution is 5.87. The number of carbonyl (C=O) groups excluding carboxylic acids is 2. The Hall–Kier alpha value is -1.82. The summed E-state index contributed by atoms with van der Waals surface area (Å²) in [4.78, 5) is 24.4. The van der Waals surface area contributed by atoms with Crippen molar-refractivity contribution in [2.24, 2.45) is 11.8 Å². The van der Waals surface area contributed by atoms with Gasteiger partial charge in [-0.15, -0.1) is 0 Å². The van der Waals surface area contributed by atoms with Crippen LogP contribution in [0.15, 0.2) is 16.5 Å². The lowest BCUT2D eigenvalue weighted by Gasteiger charge is -2.26. The molecule has 2 unspecified atom stereocenters. The predicted octanol–water partition coefficient (Wildman–Crippen LogP) is 2.10. The van der Waals surface area contributed by atoms with E-state index in [4.69, 9.17) is 4.42 Å². The fraction of sp³-hybridized carbons (Fsp3) is 0.667. The second-order valence-corrected chi connectivity index (χ2v) is 7.29. The smallest absolute Gasteiger partial charge is 0.242 e. The van der Waals surface area contributed by atoms with E-state index in [9.17, 15) is 14.7 Å². The van der Waals surface area contributed by atoms with Crippen LogP contribution in [0.25, 0.3) is 0 Å².